The standard InChI is InChI=1S/C15H17N7O/c1-11-17-14(21(2)19-11)15(23)16-8-9-22-10-13(18-20-22)12-6-4-3-5-7-12/h3-7,10H,8-9H2,1-2H3,(H,16,23). The number of nitrogens with zero attached hydrogens (tertiary/aromatic N) is 6. The number of carbonyl (C=O) groups is 1. The van der Waals surface area contributed by atoms with Crippen molar-refractivity contribution in [3.05, 3.63) is 48.2 Å². The summed E-state index contributed by atoms with van der Waals surface area (Å²) in [6, 6.07) is 9.83. The quantitative estimate of drug-likeness (QED) is 0.753. The number of hydrogen-bond acceptors (Lipinski definition) is 5. The van der Waals surface area contributed by atoms with Crippen LogP contribution in [0.5, 0.6) is 0 Å². The highest BCUT2D eigenvalue weighted by Crippen LogP contribution is 2.14. The molecule has 8 nitrogen and oxygen atoms in total. The Morgan fingerprint density at radius 2 is 2.04 bits per heavy atom. The van der Waals surface area contributed by atoms with Gasteiger partial charge in [0.2, 0.25) is 5.82 Å². The van der Waals surface area contributed by atoms with Crippen molar-refractivity contribution >= 4 is 5.91 Å². The van der Waals surface area contributed by atoms with Gasteiger partial charge in [0.25, 0.3) is 5.91 Å². The SMILES string of the molecule is Cc1nc(C(=O)NCCn2cc(-c3ccccc3)nn2)n(C)n1. The molecule has 0 aliphatic rings. The van der Waals surface area contributed by atoms with Crippen LogP contribution < -0.4 is 5.32 Å². The molecule has 1 amide bonds. The molecule has 8 heteroatoms. The first kappa shape index (κ1) is 14.9. The van der Waals surface area contributed by atoms with Crippen LogP contribution in [0.3, 0.4) is 0 Å². The molecule has 0 radical (unpaired) electrons. The summed E-state index contributed by atoms with van der Waals surface area (Å²) >= 11 is 0. The van der Waals surface area contributed by atoms with Crippen LogP contribution in [0.2, 0.25) is 0 Å². The molecule has 2 heterocycles. The molecule has 0 bridgehead atoms. The lowest BCUT2D eigenvalue weighted by atomic mass is 10.2. The molecular weight excluding hydrogens is 294 g/mol. The van der Waals surface area contributed by atoms with Gasteiger partial charge in [0.15, 0.2) is 0 Å². The number of aryl methyl sites for hydroxylation is 2. The van der Waals surface area contributed by atoms with Gasteiger partial charge >= 0.3 is 0 Å². The van der Waals surface area contributed by atoms with Gasteiger partial charge in [-0.1, -0.05) is 35.5 Å². The summed E-state index contributed by atoms with van der Waals surface area (Å²) in [5.74, 6) is 0.615. The Balaban J connectivity index is 1.56. The van der Waals surface area contributed by atoms with Crippen molar-refractivity contribution < 1.29 is 4.79 Å². The molecule has 0 spiro atoms. The van der Waals surface area contributed by atoms with Crippen molar-refractivity contribution in [2.24, 2.45) is 7.05 Å². The Morgan fingerprint density at radius 3 is 2.74 bits per heavy atom. The van der Waals surface area contributed by atoms with E-state index >= 15 is 0 Å². The summed E-state index contributed by atoms with van der Waals surface area (Å²) in [5, 5.41) is 15.1. The average Bonchev–Trinajstić information content (AvgIpc) is 3.14. The van der Waals surface area contributed by atoms with Gasteiger partial charge < -0.3 is 5.32 Å². The lowest BCUT2D eigenvalue weighted by Crippen LogP contribution is -2.29. The highest BCUT2D eigenvalue weighted by atomic mass is 16.2. The molecule has 0 saturated carbocycles. The predicted octanol–water partition coefficient (Wildman–Crippen LogP) is 0.812. The lowest BCUT2D eigenvalue weighted by molar-refractivity contribution is 0.0937. The van der Waals surface area contributed by atoms with Gasteiger partial charge in [-0.2, -0.15) is 5.10 Å². The van der Waals surface area contributed by atoms with E-state index in [1.807, 2.05) is 36.5 Å². The third kappa shape index (κ3) is 3.42. The smallest absolute Gasteiger partial charge is 0.288 e. The molecule has 0 unspecified atom stereocenters. The molecule has 0 saturated heterocycles. The number of rotatable bonds is 5. The van der Waals surface area contributed by atoms with Crippen molar-refractivity contribution in [1.29, 1.82) is 0 Å². The fourth-order valence-electron chi connectivity index (χ4n) is 2.22. The van der Waals surface area contributed by atoms with Gasteiger partial charge in [0, 0.05) is 19.2 Å². The Kier molecular flexibility index (Phi) is 4.13. The van der Waals surface area contributed by atoms with Crippen LogP contribution >= 0.6 is 0 Å². The van der Waals surface area contributed by atoms with E-state index in [0.29, 0.717) is 24.7 Å². The monoisotopic (exact) mass is 311 g/mol. The molecule has 0 aliphatic heterocycles. The summed E-state index contributed by atoms with van der Waals surface area (Å²) in [7, 11) is 1.69. The van der Waals surface area contributed by atoms with Crippen LogP contribution in [0.15, 0.2) is 36.5 Å². The molecule has 0 atom stereocenters. The fourth-order valence-corrected chi connectivity index (χ4v) is 2.22. The Labute approximate surface area is 133 Å². The maximum absolute atomic E-state index is 12.0. The van der Waals surface area contributed by atoms with Crippen molar-refractivity contribution in [2.45, 2.75) is 13.5 Å². The topological polar surface area (TPSA) is 90.5 Å². The molecule has 1 aromatic carbocycles. The number of hydrogen-bond donors (Lipinski definition) is 1. The third-order valence-corrected chi connectivity index (χ3v) is 3.31. The van der Waals surface area contributed by atoms with E-state index in [1.165, 1.54) is 4.68 Å². The molecule has 3 rings (SSSR count). The molecule has 2 aromatic heterocycles. The summed E-state index contributed by atoms with van der Waals surface area (Å²) in [4.78, 5) is 16.1. The van der Waals surface area contributed by atoms with Crippen molar-refractivity contribution in [1.82, 2.24) is 35.1 Å². The average molecular weight is 311 g/mol. The van der Waals surface area contributed by atoms with Crippen LogP contribution in [-0.2, 0) is 13.6 Å². The zero-order valence-corrected chi connectivity index (χ0v) is 13.0. The molecule has 23 heavy (non-hydrogen) atoms. The lowest BCUT2D eigenvalue weighted by Gasteiger charge is -2.03. The van der Waals surface area contributed by atoms with E-state index in [1.54, 1.807) is 18.7 Å². The van der Waals surface area contributed by atoms with Crippen LogP contribution in [-0.4, -0.2) is 42.2 Å². The zero-order chi connectivity index (χ0) is 16.2. The zero-order valence-electron chi connectivity index (χ0n) is 13.0. The summed E-state index contributed by atoms with van der Waals surface area (Å²) in [6.45, 7) is 2.71. The molecule has 1 N–H and O–H groups in total. The van der Waals surface area contributed by atoms with Gasteiger partial charge in [0.1, 0.15) is 11.5 Å². The minimum absolute atomic E-state index is 0.253. The Bertz CT molecular complexity index is 806. The van der Waals surface area contributed by atoms with Crippen LogP contribution in [0.25, 0.3) is 11.3 Å². The number of carbonyl (C=O) groups excluding carboxylic acids is 1. The van der Waals surface area contributed by atoms with E-state index < -0.39 is 0 Å². The number of nitrogens with one attached hydrogen (secondary N) is 1. The van der Waals surface area contributed by atoms with Crippen molar-refractivity contribution in [3.63, 3.8) is 0 Å². The number of amides is 1. The fraction of sp³-hybridized carbons (Fsp3) is 0.267. The van der Waals surface area contributed by atoms with Crippen LogP contribution in [0.4, 0.5) is 0 Å². The Morgan fingerprint density at radius 1 is 1.26 bits per heavy atom. The van der Waals surface area contributed by atoms with Gasteiger partial charge in [-0.15, -0.1) is 5.10 Å². The van der Waals surface area contributed by atoms with Crippen LogP contribution in [0.1, 0.15) is 16.4 Å². The van der Waals surface area contributed by atoms with E-state index in [-0.39, 0.29) is 5.91 Å². The molecule has 118 valence electrons. The van der Waals surface area contributed by atoms with E-state index in [9.17, 15) is 4.79 Å². The maximum atomic E-state index is 12.0. The molecule has 0 aliphatic carbocycles. The first-order chi connectivity index (χ1) is 11.1. The van der Waals surface area contributed by atoms with Gasteiger partial charge in [-0.05, 0) is 6.92 Å². The largest absolute Gasteiger partial charge is 0.347 e. The van der Waals surface area contributed by atoms with Gasteiger partial charge in [0.05, 0.1) is 12.7 Å². The summed E-state index contributed by atoms with van der Waals surface area (Å²) < 4.78 is 3.16. The minimum atomic E-state index is -0.253. The van der Waals surface area contributed by atoms with E-state index in [0.717, 1.165) is 11.3 Å². The van der Waals surface area contributed by atoms with Crippen molar-refractivity contribution in [3.8, 4) is 11.3 Å². The normalized spacial score (nSPS) is 10.7. The van der Waals surface area contributed by atoms with Gasteiger partial charge in [-0.3, -0.25) is 9.48 Å². The summed E-state index contributed by atoms with van der Waals surface area (Å²) in [5.41, 5.74) is 1.82. The second kappa shape index (κ2) is 6.39. The summed E-state index contributed by atoms with van der Waals surface area (Å²) in [6.07, 6.45) is 1.86. The van der Waals surface area contributed by atoms with E-state index in [2.05, 4.69) is 25.7 Å². The first-order valence-electron chi connectivity index (χ1n) is 7.25. The highest BCUT2D eigenvalue weighted by molar-refractivity contribution is 5.90. The van der Waals surface area contributed by atoms with E-state index in [4.69, 9.17) is 0 Å². The first-order valence-corrected chi connectivity index (χ1v) is 7.25. The minimum Gasteiger partial charge on any atom is -0.347 e. The third-order valence-electron chi connectivity index (χ3n) is 3.31. The second-order valence-electron chi connectivity index (χ2n) is 5.10. The second-order valence-corrected chi connectivity index (χ2v) is 5.10. The Hall–Kier alpha value is -3.03. The number of aromatic nitrogens is 6. The maximum Gasteiger partial charge on any atom is 0.288 e. The van der Waals surface area contributed by atoms with Gasteiger partial charge in [-0.25, -0.2) is 9.67 Å². The van der Waals surface area contributed by atoms with Crippen LogP contribution in [0, 0.1) is 6.92 Å². The molecule has 3 aromatic rings. The highest BCUT2D eigenvalue weighted by Gasteiger charge is 2.13. The number of benzene rings is 1. The molecular formula is C15H17N7O. The molecule has 0 fully saturated rings. The predicted molar refractivity (Wildman–Crippen MR) is 83.5 cm³/mol. The van der Waals surface area contributed by atoms with Crippen molar-refractivity contribution in [2.75, 3.05) is 6.54 Å².